The summed E-state index contributed by atoms with van der Waals surface area (Å²) in [4.78, 5) is 17.1. The molecule has 1 aliphatic rings. The van der Waals surface area contributed by atoms with Gasteiger partial charge in [-0.15, -0.1) is 0 Å². The smallest absolute Gasteiger partial charge is 0.224 e. The molecule has 1 fully saturated rings. The number of nitrogens with zero attached hydrogens (tertiary/aromatic N) is 2. The summed E-state index contributed by atoms with van der Waals surface area (Å²) in [6, 6.07) is 7.41. The standard InChI is InChI=1S/C18H23N3O3/c1-21-9-8-19-17(21)16(14-4-3-5-15(12-14)23-2)20-18(22)13-6-10-24-11-7-13/h3-5,8-9,12-13,16H,6-7,10-11H2,1-2H3,(H,20,22)/t16-/m1/s1. The van der Waals surface area contributed by atoms with E-state index < -0.39 is 0 Å². The minimum atomic E-state index is -0.310. The number of carbonyl (C=O) groups is 1. The molecule has 1 aromatic carbocycles. The van der Waals surface area contributed by atoms with E-state index in [0.29, 0.717) is 13.2 Å². The van der Waals surface area contributed by atoms with Gasteiger partial charge in [-0.1, -0.05) is 12.1 Å². The van der Waals surface area contributed by atoms with Crippen LogP contribution in [0, 0.1) is 5.92 Å². The van der Waals surface area contributed by atoms with Gasteiger partial charge < -0.3 is 19.4 Å². The molecule has 0 spiro atoms. The fourth-order valence-corrected chi connectivity index (χ4v) is 2.99. The van der Waals surface area contributed by atoms with Crippen LogP contribution in [0.25, 0.3) is 0 Å². The summed E-state index contributed by atoms with van der Waals surface area (Å²) in [6.45, 7) is 1.29. The average molecular weight is 329 g/mol. The van der Waals surface area contributed by atoms with Gasteiger partial charge in [0.05, 0.1) is 7.11 Å². The molecule has 3 rings (SSSR count). The van der Waals surface area contributed by atoms with E-state index in [2.05, 4.69) is 10.3 Å². The van der Waals surface area contributed by atoms with Crippen LogP contribution in [-0.4, -0.2) is 35.8 Å². The number of carbonyl (C=O) groups excluding carboxylic acids is 1. The van der Waals surface area contributed by atoms with Crippen molar-refractivity contribution in [3.8, 4) is 5.75 Å². The summed E-state index contributed by atoms with van der Waals surface area (Å²) in [5.74, 6) is 1.59. The van der Waals surface area contributed by atoms with Crippen LogP contribution in [0.1, 0.15) is 30.3 Å². The number of rotatable bonds is 5. The molecular weight excluding hydrogens is 306 g/mol. The van der Waals surface area contributed by atoms with Crippen LogP contribution in [0.2, 0.25) is 0 Å². The maximum absolute atomic E-state index is 12.7. The third-order valence-electron chi connectivity index (χ3n) is 4.42. The lowest BCUT2D eigenvalue weighted by Crippen LogP contribution is -2.38. The second kappa shape index (κ2) is 7.49. The Morgan fingerprint density at radius 2 is 2.21 bits per heavy atom. The van der Waals surface area contributed by atoms with Crippen molar-refractivity contribution in [1.29, 1.82) is 0 Å². The molecule has 128 valence electrons. The topological polar surface area (TPSA) is 65.4 Å². The number of aryl methyl sites for hydroxylation is 1. The number of ether oxygens (including phenoxy) is 2. The molecule has 0 saturated carbocycles. The van der Waals surface area contributed by atoms with Crippen LogP contribution in [0.3, 0.4) is 0 Å². The van der Waals surface area contributed by atoms with Gasteiger partial charge in [0, 0.05) is 38.6 Å². The number of amides is 1. The first-order chi connectivity index (χ1) is 11.7. The third-order valence-corrected chi connectivity index (χ3v) is 4.42. The molecule has 2 heterocycles. The minimum Gasteiger partial charge on any atom is -0.497 e. The van der Waals surface area contributed by atoms with E-state index in [1.807, 2.05) is 42.1 Å². The molecule has 0 aliphatic carbocycles. The highest BCUT2D eigenvalue weighted by Crippen LogP contribution is 2.25. The summed E-state index contributed by atoms with van der Waals surface area (Å²) in [6.07, 6.45) is 5.14. The van der Waals surface area contributed by atoms with Gasteiger partial charge in [-0.25, -0.2) is 4.98 Å². The van der Waals surface area contributed by atoms with Crippen molar-refractivity contribution in [3.63, 3.8) is 0 Å². The van der Waals surface area contributed by atoms with Crippen molar-refractivity contribution in [1.82, 2.24) is 14.9 Å². The van der Waals surface area contributed by atoms with Crippen LogP contribution < -0.4 is 10.1 Å². The Bertz CT molecular complexity index is 692. The Hall–Kier alpha value is -2.34. The zero-order valence-electron chi connectivity index (χ0n) is 14.1. The van der Waals surface area contributed by atoms with E-state index in [1.54, 1.807) is 13.3 Å². The number of hydrogen-bond acceptors (Lipinski definition) is 4. The number of nitrogens with one attached hydrogen (secondary N) is 1. The van der Waals surface area contributed by atoms with E-state index in [4.69, 9.17) is 9.47 Å². The normalized spacial score (nSPS) is 16.6. The van der Waals surface area contributed by atoms with Gasteiger partial charge in [0.25, 0.3) is 0 Å². The van der Waals surface area contributed by atoms with Crippen LogP contribution in [0.15, 0.2) is 36.7 Å². The molecule has 1 N–H and O–H groups in total. The molecule has 0 radical (unpaired) electrons. The number of benzene rings is 1. The van der Waals surface area contributed by atoms with Crippen LogP contribution in [0.4, 0.5) is 0 Å². The monoisotopic (exact) mass is 329 g/mol. The highest BCUT2D eigenvalue weighted by molar-refractivity contribution is 5.79. The minimum absolute atomic E-state index is 0.00729. The fourth-order valence-electron chi connectivity index (χ4n) is 2.99. The van der Waals surface area contributed by atoms with Crippen LogP contribution >= 0.6 is 0 Å². The molecule has 6 nitrogen and oxygen atoms in total. The molecule has 1 amide bonds. The van der Waals surface area contributed by atoms with Gasteiger partial charge in [-0.2, -0.15) is 0 Å². The Labute approximate surface area is 141 Å². The zero-order chi connectivity index (χ0) is 16.9. The summed E-state index contributed by atoms with van der Waals surface area (Å²) in [7, 11) is 3.56. The Morgan fingerprint density at radius 3 is 2.88 bits per heavy atom. The average Bonchev–Trinajstić information content (AvgIpc) is 3.06. The molecule has 1 aromatic heterocycles. The van der Waals surface area contributed by atoms with E-state index >= 15 is 0 Å². The van der Waals surface area contributed by atoms with Crippen LogP contribution in [-0.2, 0) is 16.6 Å². The molecular formula is C18H23N3O3. The Morgan fingerprint density at radius 1 is 1.42 bits per heavy atom. The first-order valence-electron chi connectivity index (χ1n) is 8.18. The van der Waals surface area contributed by atoms with Gasteiger partial charge in [0.1, 0.15) is 17.6 Å². The molecule has 24 heavy (non-hydrogen) atoms. The van der Waals surface area contributed by atoms with Crippen molar-refractivity contribution in [2.45, 2.75) is 18.9 Å². The van der Waals surface area contributed by atoms with Gasteiger partial charge in [-0.3, -0.25) is 4.79 Å². The zero-order valence-corrected chi connectivity index (χ0v) is 14.1. The summed E-state index contributed by atoms with van der Waals surface area (Å²) in [5.41, 5.74) is 0.948. The molecule has 0 unspecified atom stereocenters. The van der Waals surface area contributed by atoms with Crippen molar-refractivity contribution in [2.75, 3.05) is 20.3 Å². The molecule has 6 heteroatoms. The third kappa shape index (κ3) is 3.59. The summed E-state index contributed by atoms with van der Waals surface area (Å²) in [5, 5.41) is 3.16. The molecule has 1 saturated heterocycles. The SMILES string of the molecule is COc1cccc([C@@H](NC(=O)C2CCOCC2)c2nccn2C)c1. The van der Waals surface area contributed by atoms with Gasteiger partial charge in [0.2, 0.25) is 5.91 Å². The van der Waals surface area contributed by atoms with E-state index in [9.17, 15) is 4.79 Å². The van der Waals surface area contributed by atoms with Gasteiger partial charge in [0.15, 0.2) is 0 Å². The second-order valence-corrected chi connectivity index (χ2v) is 6.00. The predicted molar refractivity (Wildman–Crippen MR) is 89.7 cm³/mol. The summed E-state index contributed by atoms with van der Waals surface area (Å²) < 4.78 is 12.6. The maximum Gasteiger partial charge on any atom is 0.224 e. The van der Waals surface area contributed by atoms with E-state index in [0.717, 1.165) is 30.0 Å². The Balaban J connectivity index is 1.87. The quantitative estimate of drug-likeness (QED) is 0.912. The molecule has 1 aliphatic heterocycles. The van der Waals surface area contributed by atoms with Crippen molar-refractivity contribution < 1.29 is 14.3 Å². The number of imidazole rings is 1. The lowest BCUT2D eigenvalue weighted by Gasteiger charge is -2.25. The van der Waals surface area contributed by atoms with Crippen molar-refractivity contribution >= 4 is 5.91 Å². The number of hydrogen-bond donors (Lipinski definition) is 1. The number of methoxy groups -OCH3 is 1. The largest absolute Gasteiger partial charge is 0.497 e. The van der Waals surface area contributed by atoms with Crippen molar-refractivity contribution in [3.05, 3.63) is 48.0 Å². The van der Waals surface area contributed by atoms with E-state index in [-0.39, 0.29) is 17.9 Å². The second-order valence-electron chi connectivity index (χ2n) is 6.00. The van der Waals surface area contributed by atoms with Crippen LogP contribution in [0.5, 0.6) is 5.75 Å². The van der Waals surface area contributed by atoms with Crippen molar-refractivity contribution in [2.24, 2.45) is 13.0 Å². The lowest BCUT2D eigenvalue weighted by atomic mass is 9.97. The lowest BCUT2D eigenvalue weighted by molar-refractivity contribution is -0.128. The first-order valence-corrected chi connectivity index (χ1v) is 8.18. The van der Waals surface area contributed by atoms with E-state index in [1.165, 1.54) is 0 Å². The first kappa shape index (κ1) is 16.5. The predicted octanol–water partition coefficient (Wildman–Crippen LogP) is 2.06. The van der Waals surface area contributed by atoms with Gasteiger partial charge in [-0.05, 0) is 30.5 Å². The molecule has 0 bridgehead atoms. The molecule has 1 atom stereocenters. The number of aromatic nitrogens is 2. The fraction of sp³-hybridized carbons (Fsp3) is 0.444. The highest BCUT2D eigenvalue weighted by Gasteiger charge is 2.27. The maximum atomic E-state index is 12.7. The summed E-state index contributed by atoms with van der Waals surface area (Å²) >= 11 is 0. The molecule has 2 aromatic rings. The Kier molecular flexibility index (Phi) is 5.15. The van der Waals surface area contributed by atoms with Gasteiger partial charge >= 0.3 is 0 Å². The highest BCUT2D eigenvalue weighted by atomic mass is 16.5.